The average Bonchev–Trinajstić information content (AvgIpc) is 2.36. The van der Waals surface area contributed by atoms with Crippen LogP contribution >= 0.6 is 0 Å². The fourth-order valence-corrected chi connectivity index (χ4v) is 2.37. The van der Waals surface area contributed by atoms with Crippen LogP contribution in [0.25, 0.3) is 0 Å². The summed E-state index contributed by atoms with van der Waals surface area (Å²) in [4.78, 5) is 7.13. The Bertz CT molecular complexity index is 240. The van der Waals surface area contributed by atoms with Gasteiger partial charge < -0.3 is 15.5 Å². The summed E-state index contributed by atoms with van der Waals surface area (Å²) in [6, 6.07) is 0. The van der Waals surface area contributed by atoms with Crippen LogP contribution in [-0.4, -0.2) is 50.6 Å². The van der Waals surface area contributed by atoms with E-state index in [1.807, 2.05) is 0 Å². The van der Waals surface area contributed by atoms with Crippen LogP contribution in [0.3, 0.4) is 0 Å². The minimum absolute atomic E-state index is 0.727. The monoisotopic (exact) mass is 254 g/mol. The first kappa shape index (κ1) is 15.3. The third-order valence-electron chi connectivity index (χ3n) is 3.40. The molecular formula is C14H30N4. The van der Waals surface area contributed by atoms with Gasteiger partial charge in [0.15, 0.2) is 5.96 Å². The van der Waals surface area contributed by atoms with Crippen LogP contribution in [0.4, 0.5) is 0 Å². The molecule has 0 saturated carbocycles. The second kappa shape index (κ2) is 9.20. The lowest BCUT2D eigenvalue weighted by atomic mass is 9.99. The van der Waals surface area contributed by atoms with Gasteiger partial charge in [0.2, 0.25) is 0 Å². The fourth-order valence-electron chi connectivity index (χ4n) is 2.37. The molecule has 0 amide bonds. The Hall–Kier alpha value is -0.770. The second-order valence-corrected chi connectivity index (χ2v) is 5.27. The van der Waals surface area contributed by atoms with Crippen molar-refractivity contribution < 1.29 is 0 Å². The van der Waals surface area contributed by atoms with Crippen LogP contribution in [-0.2, 0) is 0 Å². The smallest absolute Gasteiger partial charge is 0.191 e. The minimum Gasteiger partial charge on any atom is -0.357 e. The molecule has 1 heterocycles. The molecule has 0 aromatic carbocycles. The highest BCUT2D eigenvalue weighted by Gasteiger charge is 2.16. The van der Waals surface area contributed by atoms with Crippen molar-refractivity contribution in [2.45, 2.75) is 39.5 Å². The molecule has 1 aliphatic rings. The Labute approximate surface area is 112 Å². The van der Waals surface area contributed by atoms with Crippen molar-refractivity contribution in [2.24, 2.45) is 10.9 Å². The van der Waals surface area contributed by atoms with E-state index < -0.39 is 0 Å². The molecule has 18 heavy (non-hydrogen) atoms. The lowest BCUT2D eigenvalue weighted by Crippen LogP contribution is -2.39. The topological polar surface area (TPSA) is 39.7 Å². The molecule has 1 aliphatic heterocycles. The first-order valence-electron chi connectivity index (χ1n) is 7.47. The van der Waals surface area contributed by atoms with Gasteiger partial charge in [0.05, 0.1) is 0 Å². The van der Waals surface area contributed by atoms with E-state index in [1.54, 1.807) is 0 Å². The number of piperidine rings is 1. The van der Waals surface area contributed by atoms with Crippen LogP contribution < -0.4 is 10.6 Å². The van der Waals surface area contributed by atoms with Crippen molar-refractivity contribution in [3.8, 4) is 0 Å². The third-order valence-corrected chi connectivity index (χ3v) is 3.40. The summed E-state index contributed by atoms with van der Waals surface area (Å²) in [6.07, 6.45) is 5.06. The van der Waals surface area contributed by atoms with Gasteiger partial charge in [0.25, 0.3) is 0 Å². The van der Waals surface area contributed by atoms with Gasteiger partial charge >= 0.3 is 0 Å². The molecular weight excluding hydrogens is 224 g/mol. The van der Waals surface area contributed by atoms with Gasteiger partial charge in [-0.2, -0.15) is 0 Å². The molecule has 1 fully saturated rings. The highest BCUT2D eigenvalue weighted by atomic mass is 15.2. The maximum absolute atomic E-state index is 4.71. The number of rotatable bonds is 6. The summed E-state index contributed by atoms with van der Waals surface area (Å²) in [5.74, 6) is 1.71. The molecule has 4 heteroatoms. The number of hydrogen-bond acceptors (Lipinski definition) is 2. The van der Waals surface area contributed by atoms with Crippen molar-refractivity contribution in [3.05, 3.63) is 0 Å². The fraction of sp³-hybridized carbons (Fsp3) is 0.929. The molecule has 4 nitrogen and oxygen atoms in total. The number of unbranched alkanes of at least 4 members (excludes halogenated alkanes) is 1. The summed E-state index contributed by atoms with van der Waals surface area (Å²) < 4.78 is 0. The Morgan fingerprint density at radius 1 is 1.33 bits per heavy atom. The van der Waals surface area contributed by atoms with E-state index in [9.17, 15) is 0 Å². The number of nitrogens with one attached hydrogen (secondary N) is 2. The van der Waals surface area contributed by atoms with E-state index >= 15 is 0 Å². The van der Waals surface area contributed by atoms with Crippen molar-refractivity contribution in [1.82, 2.24) is 15.5 Å². The van der Waals surface area contributed by atoms with Gasteiger partial charge in [-0.15, -0.1) is 0 Å². The summed E-state index contributed by atoms with van der Waals surface area (Å²) >= 11 is 0. The largest absolute Gasteiger partial charge is 0.357 e. The second-order valence-electron chi connectivity index (χ2n) is 5.27. The summed E-state index contributed by atoms with van der Waals surface area (Å²) in [6.45, 7) is 9.67. The SMILES string of the molecule is CCCCNC(=NCC1CCCN(C)C1)NCC. The lowest BCUT2D eigenvalue weighted by Gasteiger charge is -2.28. The predicted molar refractivity (Wildman–Crippen MR) is 79.1 cm³/mol. The zero-order chi connectivity index (χ0) is 13.2. The molecule has 0 bridgehead atoms. The van der Waals surface area contributed by atoms with E-state index in [2.05, 4.69) is 36.4 Å². The third kappa shape index (κ3) is 6.24. The normalized spacial score (nSPS) is 21.9. The molecule has 0 aromatic heterocycles. The van der Waals surface area contributed by atoms with Gasteiger partial charge in [-0.05, 0) is 45.7 Å². The van der Waals surface area contributed by atoms with Crippen LogP contribution in [0.1, 0.15) is 39.5 Å². The maximum Gasteiger partial charge on any atom is 0.191 e. The van der Waals surface area contributed by atoms with Crippen LogP contribution in [0.2, 0.25) is 0 Å². The lowest BCUT2D eigenvalue weighted by molar-refractivity contribution is 0.214. The van der Waals surface area contributed by atoms with Crippen LogP contribution in [0.5, 0.6) is 0 Å². The minimum atomic E-state index is 0.727. The molecule has 2 N–H and O–H groups in total. The molecule has 106 valence electrons. The molecule has 1 rings (SSSR count). The van der Waals surface area contributed by atoms with Gasteiger partial charge in [-0.3, -0.25) is 4.99 Å². The van der Waals surface area contributed by atoms with Crippen molar-refractivity contribution in [2.75, 3.05) is 39.8 Å². The van der Waals surface area contributed by atoms with Crippen LogP contribution in [0.15, 0.2) is 4.99 Å². The summed E-state index contributed by atoms with van der Waals surface area (Å²) in [7, 11) is 2.21. The van der Waals surface area contributed by atoms with Gasteiger partial charge in [-0.1, -0.05) is 13.3 Å². The standard InChI is InChI=1S/C14H30N4/c1-4-6-9-16-14(15-5-2)17-11-13-8-7-10-18(3)12-13/h13H,4-12H2,1-3H3,(H2,15,16,17). The first-order chi connectivity index (χ1) is 8.76. The number of guanidine groups is 1. The van der Waals surface area contributed by atoms with Crippen molar-refractivity contribution in [1.29, 1.82) is 0 Å². The van der Waals surface area contributed by atoms with Crippen molar-refractivity contribution >= 4 is 5.96 Å². The molecule has 0 spiro atoms. The molecule has 1 saturated heterocycles. The number of hydrogen-bond donors (Lipinski definition) is 2. The van der Waals surface area contributed by atoms with E-state index in [-0.39, 0.29) is 0 Å². The molecule has 0 radical (unpaired) electrons. The van der Waals surface area contributed by atoms with E-state index in [4.69, 9.17) is 4.99 Å². The van der Waals surface area contributed by atoms with Gasteiger partial charge in [-0.25, -0.2) is 0 Å². The molecule has 1 atom stereocenters. The maximum atomic E-state index is 4.71. The van der Waals surface area contributed by atoms with Gasteiger partial charge in [0, 0.05) is 26.2 Å². The van der Waals surface area contributed by atoms with E-state index in [0.717, 1.165) is 31.5 Å². The van der Waals surface area contributed by atoms with E-state index in [1.165, 1.54) is 38.8 Å². The average molecular weight is 254 g/mol. The molecule has 0 aromatic rings. The Morgan fingerprint density at radius 3 is 2.83 bits per heavy atom. The first-order valence-corrected chi connectivity index (χ1v) is 7.47. The Morgan fingerprint density at radius 2 is 2.17 bits per heavy atom. The van der Waals surface area contributed by atoms with E-state index in [0.29, 0.717) is 0 Å². The Balaban J connectivity index is 2.33. The zero-order valence-corrected chi connectivity index (χ0v) is 12.3. The van der Waals surface area contributed by atoms with Gasteiger partial charge in [0.1, 0.15) is 0 Å². The quantitative estimate of drug-likeness (QED) is 0.430. The Kier molecular flexibility index (Phi) is 7.81. The number of likely N-dealkylation sites (tertiary alicyclic amines) is 1. The summed E-state index contributed by atoms with van der Waals surface area (Å²) in [5, 5.41) is 6.72. The molecule has 1 unspecified atom stereocenters. The highest BCUT2D eigenvalue weighted by Crippen LogP contribution is 2.14. The number of aliphatic imine (C=N–C) groups is 1. The predicted octanol–water partition coefficient (Wildman–Crippen LogP) is 1.68. The number of nitrogens with zero attached hydrogens (tertiary/aromatic N) is 2. The van der Waals surface area contributed by atoms with Crippen LogP contribution in [0, 0.1) is 5.92 Å². The molecule has 0 aliphatic carbocycles. The summed E-state index contributed by atoms with van der Waals surface area (Å²) in [5.41, 5.74) is 0. The van der Waals surface area contributed by atoms with Crippen molar-refractivity contribution in [3.63, 3.8) is 0 Å². The zero-order valence-electron chi connectivity index (χ0n) is 12.3. The highest BCUT2D eigenvalue weighted by molar-refractivity contribution is 5.79.